The van der Waals surface area contributed by atoms with Crippen LogP contribution in [0.25, 0.3) is 60.9 Å². The average Bonchev–Trinajstić information content (AvgIpc) is 4.27. The Morgan fingerprint density at radius 1 is 0.463 bits per heavy atom. The van der Waals surface area contributed by atoms with E-state index in [1.807, 2.05) is 0 Å². The Hall–Kier alpha value is -6.64. The maximum absolute atomic E-state index is 2.60. The number of fused-ring (bicyclic) bond motifs is 11. The van der Waals surface area contributed by atoms with Crippen molar-refractivity contribution < 1.29 is 0 Å². The summed E-state index contributed by atoms with van der Waals surface area (Å²) in [7, 11) is 0. The molecular formula is C65H58N2. The molecule has 0 spiro atoms. The van der Waals surface area contributed by atoms with Crippen molar-refractivity contribution in [2.75, 3.05) is 4.90 Å². The SMILES string of the molecule is CC1(C)c2cc(N(c3ccc(C4CC5CCC4C5)cc3)c3ccc(C4CC5CCC4C5)cc3)c(-c3ccccc3)cc2-c2ccc3c4cc(-c5ccccc5)ccc4n(-c4ccccc4)c3c21. The number of anilines is 3. The van der Waals surface area contributed by atoms with E-state index in [1.54, 1.807) is 0 Å². The standard InChI is InChI=1S/C65H58N2/c1-65(2)60-40-62(66(51-27-22-45(23-28-51)55-36-41-18-20-48(55)34-41)52-29-24-46(25-30-52)56-37-42-19-21-49(56)35-42)57(44-14-8-4-9-15-44)39-58(60)53-31-32-54-59-38-47(43-12-6-3-7-13-43)26-33-61(59)67(64(54)63(53)65)50-16-10-5-11-17-50/h3-17,22-33,38-42,48-49,55-56H,18-21,34-37H2,1-2H3. The zero-order valence-corrected chi connectivity index (χ0v) is 38.8. The number of nitrogens with zero attached hydrogens (tertiary/aromatic N) is 2. The first kappa shape index (κ1) is 39.5. The molecule has 4 bridgehead atoms. The molecule has 6 unspecified atom stereocenters. The van der Waals surface area contributed by atoms with Crippen LogP contribution in [0.15, 0.2) is 182 Å². The van der Waals surface area contributed by atoms with E-state index in [1.165, 1.54) is 152 Å². The van der Waals surface area contributed by atoms with Gasteiger partial charge in [0, 0.05) is 38.8 Å². The van der Waals surface area contributed by atoms with Gasteiger partial charge < -0.3 is 9.47 Å². The van der Waals surface area contributed by atoms with E-state index < -0.39 is 0 Å². The summed E-state index contributed by atoms with van der Waals surface area (Å²) in [4.78, 5) is 2.60. The van der Waals surface area contributed by atoms with Crippen molar-refractivity contribution in [3.8, 4) is 39.1 Å². The van der Waals surface area contributed by atoms with E-state index in [0.29, 0.717) is 11.8 Å². The summed E-state index contributed by atoms with van der Waals surface area (Å²) < 4.78 is 2.55. The van der Waals surface area contributed by atoms with Gasteiger partial charge in [-0.05, 0) is 185 Å². The number of rotatable bonds is 8. The highest BCUT2D eigenvalue weighted by Gasteiger charge is 2.43. The minimum atomic E-state index is -0.305. The molecule has 2 nitrogen and oxygen atoms in total. The largest absolute Gasteiger partial charge is 0.310 e. The molecular weight excluding hydrogens is 809 g/mol. The lowest BCUT2D eigenvalue weighted by molar-refractivity contribution is 0.420. The zero-order valence-electron chi connectivity index (χ0n) is 38.8. The lowest BCUT2D eigenvalue weighted by Gasteiger charge is -2.31. The number of benzene rings is 8. The third kappa shape index (κ3) is 6.21. The molecule has 4 saturated carbocycles. The Morgan fingerprint density at radius 2 is 1.04 bits per heavy atom. The highest BCUT2D eigenvalue weighted by atomic mass is 15.1. The second-order valence-electron chi connectivity index (χ2n) is 21.6. The smallest absolute Gasteiger partial charge is 0.0588 e. The second kappa shape index (κ2) is 15.2. The van der Waals surface area contributed by atoms with Gasteiger partial charge in [-0.1, -0.05) is 148 Å². The van der Waals surface area contributed by atoms with Crippen LogP contribution in [0.5, 0.6) is 0 Å². The summed E-state index contributed by atoms with van der Waals surface area (Å²) in [5.41, 5.74) is 20.6. The third-order valence-electron chi connectivity index (χ3n) is 17.7. The minimum absolute atomic E-state index is 0.305. The van der Waals surface area contributed by atoms with Crippen LogP contribution < -0.4 is 4.90 Å². The lowest BCUT2D eigenvalue weighted by Crippen LogP contribution is -2.18. The van der Waals surface area contributed by atoms with Crippen molar-refractivity contribution >= 4 is 38.9 Å². The summed E-state index contributed by atoms with van der Waals surface area (Å²) in [6, 6.07) is 69.8. The summed E-state index contributed by atoms with van der Waals surface area (Å²) in [6.45, 7) is 4.95. The Labute approximate surface area is 395 Å². The Morgan fingerprint density at radius 3 is 1.61 bits per heavy atom. The van der Waals surface area contributed by atoms with Crippen molar-refractivity contribution in [1.82, 2.24) is 4.57 Å². The molecule has 0 saturated heterocycles. The summed E-state index contributed by atoms with van der Waals surface area (Å²) in [6.07, 6.45) is 11.2. The molecule has 0 N–H and O–H groups in total. The van der Waals surface area contributed by atoms with Gasteiger partial charge in [-0.25, -0.2) is 0 Å². The lowest BCUT2D eigenvalue weighted by atomic mass is 9.80. The predicted octanol–water partition coefficient (Wildman–Crippen LogP) is 17.7. The van der Waals surface area contributed by atoms with Crippen LogP contribution in [0.4, 0.5) is 17.1 Å². The molecule has 9 aromatic rings. The molecule has 0 aliphatic heterocycles. The van der Waals surface area contributed by atoms with E-state index >= 15 is 0 Å². The van der Waals surface area contributed by atoms with Gasteiger partial charge in [0.2, 0.25) is 0 Å². The van der Waals surface area contributed by atoms with Gasteiger partial charge >= 0.3 is 0 Å². The molecule has 14 rings (SSSR count). The zero-order chi connectivity index (χ0) is 44.4. The van der Waals surface area contributed by atoms with E-state index in [0.717, 1.165) is 23.7 Å². The molecule has 8 aromatic carbocycles. The van der Waals surface area contributed by atoms with Crippen molar-refractivity contribution in [1.29, 1.82) is 0 Å². The fraction of sp³-hybridized carbons (Fsp3) is 0.262. The van der Waals surface area contributed by atoms with Gasteiger partial charge in [-0.15, -0.1) is 0 Å². The Bertz CT molecular complexity index is 3270. The summed E-state index contributed by atoms with van der Waals surface area (Å²) in [5.74, 6) is 4.97. The van der Waals surface area contributed by atoms with Crippen LogP contribution in [0.3, 0.4) is 0 Å². The quantitative estimate of drug-likeness (QED) is 0.148. The monoisotopic (exact) mass is 866 g/mol. The molecule has 1 heterocycles. The van der Waals surface area contributed by atoms with Crippen LogP contribution in [-0.2, 0) is 5.41 Å². The third-order valence-corrected chi connectivity index (χ3v) is 17.7. The number of aromatic nitrogens is 1. The fourth-order valence-corrected chi connectivity index (χ4v) is 14.6. The highest BCUT2D eigenvalue weighted by Crippen LogP contribution is 2.58. The molecule has 6 atom stereocenters. The van der Waals surface area contributed by atoms with Gasteiger partial charge in [-0.2, -0.15) is 0 Å². The molecule has 5 aliphatic rings. The maximum atomic E-state index is 2.60. The highest BCUT2D eigenvalue weighted by molar-refractivity contribution is 6.14. The van der Waals surface area contributed by atoms with Gasteiger partial charge in [0.15, 0.2) is 0 Å². The van der Waals surface area contributed by atoms with Crippen LogP contribution in [0, 0.1) is 23.7 Å². The van der Waals surface area contributed by atoms with E-state index in [9.17, 15) is 0 Å². The molecule has 0 radical (unpaired) electrons. The van der Waals surface area contributed by atoms with Crippen LogP contribution >= 0.6 is 0 Å². The molecule has 2 heteroatoms. The van der Waals surface area contributed by atoms with Crippen LogP contribution in [0.1, 0.15) is 99.3 Å². The van der Waals surface area contributed by atoms with Gasteiger partial charge in [0.05, 0.1) is 16.7 Å². The summed E-state index contributed by atoms with van der Waals surface area (Å²) in [5, 5.41) is 2.59. The molecule has 328 valence electrons. The van der Waals surface area contributed by atoms with Gasteiger partial charge in [-0.3, -0.25) is 0 Å². The Balaban J connectivity index is 0.972. The first-order valence-electron chi connectivity index (χ1n) is 25.4. The molecule has 1 aromatic heterocycles. The first-order chi connectivity index (χ1) is 32.9. The topological polar surface area (TPSA) is 8.17 Å². The summed E-state index contributed by atoms with van der Waals surface area (Å²) >= 11 is 0. The fourth-order valence-electron chi connectivity index (χ4n) is 14.6. The van der Waals surface area contributed by atoms with Crippen LogP contribution in [0.2, 0.25) is 0 Å². The molecule has 5 aliphatic carbocycles. The second-order valence-corrected chi connectivity index (χ2v) is 21.6. The van der Waals surface area contributed by atoms with Crippen molar-refractivity contribution in [2.24, 2.45) is 23.7 Å². The normalized spacial score (nSPS) is 23.0. The predicted molar refractivity (Wildman–Crippen MR) is 280 cm³/mol. The first-order valence-corrected chi connectivity index (χ1v) is 25.4. The molecule has 4 fully saturated rings. The van der Waals surface area contributed by atoms with Gasteiger partial charge in [0.1, 0.15) is 0 Å². The van der Waals surface area contributed by atoms with Crippen molar-refractivity contribution in [3.63, 3.8) is 0 Å². The number of para-hydroxylation sites is 1. The van der Waals surface area contributed by atoms with E-state index in [-0.39, 0.29) is 5.41 Å². The number of hydrogen-bond acceptors (Lipinski definition) is 1. The molecule has 67 heavy (non-hydrogen) atoms. The maximum Gasteiger partial charge on any atom is 0.0588 e. The molecule has 0 amide bonds. The van der Waals surface area contributed by atoms with E-state index in [2.05, 4.69) is 205 Å². The van der Waals surface area contributed by atoms with Crippen molar-refractivity contribution in [2.45, 2.75) is 82.5 Å². The van der Waals surface area contributed by atoms with Crippen molar-refractivity contribution in [3.05, 3.63) is 204 Å². The van der Waals surface area contributed by atoms with E-state index in [4.69, 9.17) is 0 Å². The number of hydrogen-bond donors (Lipinski definition) is 0. The minimum Gasteiger partial charge on any atom is -0.310 e. The average molecular weight is 867 g/mol. The van der Waals surface area contributed by atoms with Gasteiger partial charge in [0.25, 0.3) is 0 Å². The Kier molecular flexibility index (Phi) is 8.96. The van der Waals surface area contributed by atoms with Crippen LogP contribution in [-0.4, -0.2) is 4.57 Å².